The van der Waals surface area contributed by atoms with Crippen LogP contribution in [0.1, 0.15) is 10.4 Å². The van der Waals surface area contributed by atoms with Crippen molar-refractivity contribution in [2.24, 2.45) is 11.5 Å². The molecule has 0 bridgehead atoms. The number of anilines is 1. The Morgan fingerprint density at radius 2 is 1.77 bits per heavy atom. The number of nitrogens with two attached hydrogens (primary N) is 2. The molecule has 114 valence electrons. The highest BCUT2D eigenvalue weighted by atomic mass is 16.4. The lowest BCUT2D eigenvalue weighted by molar-refractivity contribution is -0.117. The van der Waals surface area contributed by atoms with Gasteiger partial charge in [-0.05, 0) is 35.4 Å². The zero-order valence-electron chi connectivity index (χ0n) is 11.8. The Morgan fingerprint density at radius 3 is 2.36 bits per heavy atom. The summed E-state index contributed by atoms with van der Waals surface area (Å²) in [4.78, 5) is 22.6. The molecule has 0 aliphatic heterocycles. The van der Waals surface area contributed by atoms with Gasteiger partial charge in [-0.25, -0.2) is 4.79 Å². The Kier molecular flexibility index (Phi) is 4.88. The maximum Gasteiger partial charge on any atom is 0.335 e. The number of amides is 1. The van der Waals surface area contributed by atoms with Crippen LogP contribution in [-0.4, -0.2) is 29.6 Å². The molecule has 0 aliphatic carbocycles. The minimum atomic E-state index is -0.971. The fraction of sp³-hybridized carbons (Fsp3) is 0.125. The number of carbonyl (C=O) groups excluding carboxylic acids is 1. The van der Waals surface area contributed by atoms with Crippen molar-refractivity contribution in [3.63, 3.8) is 0 Å². The van der Waals surface area contributed by atoms with Gasteiger partial charge in [0.2, 0.25) is 5.91 Å². The van der Waals surface area contributed by atoms with Crippen molar-refractivity contribution < 1.29 is 14.7 Å². The van der Waals surface area contributed by atoms with Gasteiger partial charge in [0.25, 0.3) is 0 Å². The number of carboxylic acid groups (broad SMARTS) is 1. The second-order valence-corrected chi connectivity index (χ2v) is 4.79. The van der Waals surface area contributed by atoms with Crippen LogP contribution in [0.4, 0.5) is 5.69 Å². The molecule has 2 rings (SSSR count). The van der Waals surface area contributed by atoms with Gasteiger partial charge in [0.1, 0.15) is 0 Å². The third-order valence-electron chi connectivity index (χ3n) is 3.19. The smallest absolute Gasteiger partial charge is 0.335 e. The summed E-state index contributed by atoms with van der Waals surface area (Å²) in [6.07, 6.45) is 0. The van der Waals surface area contributed by atoms with E-state index in [0.717, 1.165) is 11.1 Å². The first kappa shape index (κ1) is 15.7. The highest BCUT2D eigenvalue weighted by molar-refractivity contribution is 5.95. The minimum absolute atomic E-state index is 0.0753. The average Bonchev–Trinajstić information content (AvgIpc) is 2.54. The van der Waals surface area contributed by atoms with Crippen LogP contribution in [0.3, 0.4) is 0 Å². The van der Waals surface area contributed by atoms with E-state index in [2.05, 4.69) is 5.32 Å². The number of carboxylic acids is 1. The van der Waals surface area contributed by atoms with Gasteiger partial charge in [0.05, 0.1) is 11.6 Å². The normalized spacial score (nSPS) is 11.7. The van der Waals surface area contributed by atoms with Gasteiger partial charge in [-0.3, -0.25) is 4.79 Å². The lowest BCUT2D eigenvalue weighted by atomic mass is 10.0. The zero-order chi connectivity index (χ0) is 16.1. The number of hydrogen-bond donors (Lipinski definition) is 4. The maximum absolute atomic E-state index is 11.6. The molecule has 0 saturated carbocycles. The Morgan fingerprint density at radius 1 is 1.09 bits per heavy atom. The van der Waals surface area contributed by atoms with Gasteiger partial charge in [-0.2, -0.15) is 0 Å². The monoisotopic (exact) mass is 299 g/mol. The molecule has 2 aromatic rings. The van der Waals surface area contributed by atoms with Crippen molar-refractivity contribution in [3.05, 3.63) is 54.1 Å². The first-order valence-corrected chi connectivity index (χ1v) is 6.71. The Balaban J connectivity index is 2.17. The number of hydrogen-bond acceptors (Lipinski definition) is 4. The van der Waals surface area contributed by atoms with Crippen molar-refractivity contribution >= 4 is 17.6 Å². The standard InChI is InChI=1S/C16H17N3O3/c17-9-14(18)15(20)19-13-6-4-10(5-7-13)11-2-1-3-12(8-11)16(21)22/h1-8,14H,9,17-18H2,(H,19,20)(H,21,22)/t14-/m0/s1. The minimum Gasteiger partial charge on any atom is -0.478 e. The van der Waals surface area contributed by atoms with Gasteiger partial charge in [-0.1, -0.05) is 24.3 Å². The van der Waals surface area contributed by atoms with Crippen molar-refractivity contribution in [2.75, 3.05) is 11.9 Å². The van der Waals surface area contributed by atoms with Crippen LogP contribution in [0.15, 0.2) is 48.5 Å². The first-order chi connectivity index (χ1) is 10.5. The number of aromatic carboxylic acids is 1. The van der Waals surface area contributed by atoms with Crippen LogP contribution in [0.5, 0.6) is 0 Å². The summed E-state index contributed by atoms with van der Waals surface area (Å²) in [5.74, 6) is -1.32. The van der Waals surface area contributed by atoms with Crippen LogP contribution in [-0.2, 0) is 4.79 Å². The zero-order valence-corrected chi connectivity index (χ0v) is 11.8. The summed E-state index contributed by atoms with van der Waals surface area (Å²) < 4.78 is 0. The van der Waals surface area contributed by atoms with Crippen LogP contribution < -0.4 is 16.8 Å². The molecule has 22 heavy (non-hydrogen) atoms. The highest BCUT2D eigenvalue weighted by Crippen LogP contribution is 2.22. The number of benzene rings is 2. The maximum atomic E-state index is 11.6. The molecule has 0 spiro atoms. The summed E-state index contributed by atoms with van der Waals surface area (Å²) in [5.41, 5.74) is 13.3. The van der Waals surface area contributed by atoms with Crippen LogP contribution in [0.2, 0.25) is 0 Å². The van der Waals surface area contributed by atoms with Crippen molar-refractivity contribution in [1.82, 2.24) is 0 Å². The summed E-state index contributed by atoms with van der Waals surface area (Å²) >= 11 is 0. The largest absolute Gasteiger partial charge is 0.478 e. The lowest BCUT2D eigenvalue weighted by Gasteiger charge is -2.10. The molecular formula is C16H17N3O3. The SMILES string of the molecule is NC[C@H](N)C(=O)Nc1ccc(-c2cccc(C(=O)O)c2)cc1. The summed E-state index contributed by atoms with van der Waals surface area (Å²) in [6, 6.07) is 12.9. The lowest BCUT2D eigenvalue weighted by Crippen LogP contribution is -2.41. The third kappa shape index (κ3) is 3.69. The summed E-state index contributed by atoms with van der Waals surface area (Å²) in [5, 5.41) is 11.7. The third-order valence-corrected chi connectivity index (χ3v) is 3.19. The topological polar surface area (TPSA) is 118 Å². The fourth-order valence-corrected chi connectivity index (χ4v) is 1.92. The molecular weight excluding hydrogens is 282 g/mol. The quantitative estimate of drug-likeness (QED) is 0.663. The predicted octanol–water partition coefficient (Wildman–Crippen LogP) is 1.28. The molecule has 1 amide bonds. The molecule has 6 nitrogen and oxygen atoms in total. The van der Waals surface area contributed by atoms with E-state index in [-0.39, 0.29) is 18.0 Å². The van der Waals surface area contributed by atoms with Gasteiger partial charge in [-0.15, -0.1) is 0 Å². The van der Waals surface area contributed by atoms with Crippen molar-refractivity contribution in [2.45, 2.75) is 6.04 Å². The number of nitrogens with one attached hydrogen (secondary N) is 1. The van der Waals surface area contributed by atoms with E-state index in [1.165, 1.54) is 6.07 Å². The molecule has 0 heterocycles. The van der Waals surface area contributed by atoms with E-state index < -0.39 is 12.0 Å². The predicted molar refractivity (Wildman–Crippen MR) is 84.5 cm³/mol. The fourth-order valence-electron chi connectivity index (χ4n) is 1.92. The molecule has 0 radical (unpaired) electrons. The Bertz CT molecular complexity index is 683. The molecule has 1 atom stereocenters. The second-order valence-electron chi connectivity index (χ2n) is 4.79. The second kappa shape index (κ2) is 6.84. The molecule has 0 fully saturated rings. The highest BCUT2D eigenvalue weighted by Gasteiger charge is 2.11. The number of carbonyl (C=O) groups is 2. The van der Waals surface area contributed by atoms with Gasteiger partial charge in [0, 0.05) is 12.2 Å². The van der Waals surface area contributed by atoms with E-state index in [1.807, 2.05) is 6.07 Å². The van der Waals surface area contributed by atoms with Gasteiger partial charge < -0.3 is 21.9 Å². The first-order valence-electron chi connectivity index (χ1n) is 6.71. The van der Waals surface area contributed by atoms with Crippen molar-refractivity contribution in [3.8, 4) is 11.1 Å². The van der Waals surface area contributed by atoms with Crippen molar-refractivity contribution in [1.29, 1.82) is 0 Å². The Hall–Kier alpha value is -2.70. The molecule has 6 heteroatoms. The van der Waals surface area contributed by atoms with E-state index in [1.54, 1.807) is 36.4 Å². The van der Waals surface area contributed by atoms with Crippen LogP contribution in [0, 0.1) is 0 Å². The van der Waals surface area contributed by atoms with Gasteiger partial charge in [0.15, 0.2) is 0 Å². The van der Waals surface area contributed by atoms with Gasteiger partial charge >= 0.3 is 5.97 Å². The summed E-state index contributed by atoms with van der Waals surface area (Å²) in [7, 11) is 0. The van der Waals surface area contributed by atoms with Crippen LogP contribution in [0.25, 0.3) is 11.1 Å². The Labute approximate surface area is 127 Å². The van der Waals surface area contributed by atoms with E-state index in [4.69, 9.17) is 16.6 Å². The molecule has 0 aliphatic rings. The summed E-state index contributed by atoms with van der Waals surface area (Å²) in [6.45, 7) is 0.0753. The molecule has 0 aromatic heterocycles. The molecule has 0 unspecified atom stereocenters. The van der Waals surface area contributed by atoms with E-state index in [0.29, 0.717) is 5.69 Å². The average molecular weight is 299 g/mol. The van der Waals surface area contributed by atoms with E-state index in [9.17, 15) is 9.59 Å². The number of rotatable bonds is 5. The molecule has 6 N–H and O–H groups in total. The van der Waals surface area contributed by atoms with Crippen LogP contribution >= 0.6 is 0 Å². The molecule has 0 saturated heterocycles. The molecule has 2 aromatic carbocycles. The van der Waals surface area contributed by atoms with E-state index >= 15 is 0 Å².